The van der Waals surface area contributed by atoms with E-state index in [-0.39, 0.29) is 8.81 Å². The molecule has 2 heteroatoms. The number of rotatable bonds is 1. The lowest BCUT2D eigenvalue weighted by Crippen LogP contribution is -1.21. The van der Waals surface area contributed by atoms with Gasteiger partial charge in [0, 0.05) is 8.81 Å². The highest BCUT2D eigenvalue weighted by molar-refractivity contribution is 7.34. The van der Waals surface area contributed by atoms with Crippen molar-refractivity contribution in [3.8, 4) is 0 Å². The van der Waals surface area contributed by atoms with Crippen LogP contribution in [0, 0.1) is 0 Å². The van der Waals surface area contributed by atoms with Gasteiger partial charge in [-0.1, -0.05) is 6.58 Å². The van der Waals surface area contributed by atoms with E-state index in [1.54, 1.807) is 0 Å². The molecule has 24 valence electrons. The molecule has 0 saturated heterocycles. The zero-order chi connectivity index (χ0) is 3.41. The van der Waals surface area contributed by atoms with Crippen LogP contribution in [0.5, 0.6) is 0 Å². The van der Waals surface area contributed by atoms with Gasteiger partial charge in [0.25, 0.3) is 0 Å². The summed E-state index contributed by atoms with van der Waals surface area (Å²) < 4.78 is 0. The van der Waals surface area contributed by atoms with Gasteiger partial charge in [-0.25, -0.2) is 0 Å². The Labute approximate surface area is 27.2 Å². The second-order valence-corrected chi connectivity index (χ2v) is 1.000. The van der Waals surface area contributed by atoms with E-state index in [4.69, 9.17) is 4.89 Å². The van der Waals surface area contributed by atoms with Crippen LogP contribution >= 0.6 is 8.81 Å². The third-order valence-electron chi connectivity index (χ3n) is 0.0913. The summed E-state index contributed by atoms with van der Waals surface area (Å²) in [6.07, 6.45) is 0. The third kappa shape index (κ3) is 2.13. The predicted molar refractivity (Wildman–Crippen MR) is 20.7 cm³/mol. The second kappa shape index (κ2) is 3.13. The van der Waals surface area contributed by atoms with E-state index >= 15 is 0 Å². The van der Waals surface area contributed by atoms with Gasteiger partial charge < -0.3 is 4.89 Å². The quantitative estimate of drug-likeness (QED) is 0.456. The van der Waals surface area contributed by atoms with E-state index in [9.17, 15) is 0 Å². The first-order chi connectivity index (χ1) is 1.91. The van der Waals surface area contributed by atoms with Gasteiger partial charge in [0.1, 0.15) is 0 Å². The standard InChI is InChI=1S/C2H5OP/c1-2-4-3/h2-4H,1H2. The Morgan fingerprint density at radius 2 is 2.25 bits per heavy atom. The van der Waals surface area contributed by atoms with Crippen LogP contribution in [0.3, 0.4) is 0 Å². The van der Waals surface area contributed by atoms with Crippen LogP contribution in [-0.4, -0.2) is 4.89 Å². The molecule has 0 saturated carbocycles. The zero-order valence-corrected chi connectivity index (χ0v) is 3.23. The van der Waals surface area contributed by atoms with E-state index in [1.807, 2.05) is 0 Å². The molecule has 0 bridgehead atoms. The van der Waals surface area contributed by atoms with E-state index < -0.39 is 0 Å². The smallest absolute Gasteiger partial charge is 0.0339 e. The predicted octanol–water partition coefficient (Wildman–Crippen LogP) is 0.716. The molecular formula is C2H5OP. The molecule has 0 heterocycles. The minimum atomic E-state index is -0.0957. The van der Waals surface area contributed by atoms with Gasteiger partial charge in [0.05, 0.1) is 0 Å². The Bertz CT molecular complexity index is 20.0. The molecule has 4 heavy (non-hydrogen) atoms. The average Bonchev–Trinajstić information content (AvgIpc) is 1.37. The van der Waals surface area contributed by atoms with Crippen LogP contribution in [0.25, 0.3) is 0 Å². The van der Waals surface area contributed by atoms with E-state index in [2.05, 4.69) is 6.58 Å². The minimum Gasteiger partial charge on any atom is -0.373 e. The molecule has 1 unspecified atom stereocenters. The summed E-state index contributed by atoms with van der Waals surface area (Å²) in [5, 5.41) is 0. The molecule has 0 fully saturated rings. The van der Waals surface area contributed by atoms with Crippen molar-refractivity contribution < 1.29 is 4.89 Å². The minimum absolute atomic E-state index is 0.0957. The van der Waals surface area contributed by atoms with Crippen molar-refractivity contribution in [1.29, 1.82) is 0 Å². The summed E-state index contributed by atoms with van der Waals surface area (Å²) in [5.41, 5.74) is 0. The van der Waals surface area contributed by atoms with Crippen LogP contribution in [0.1, 0.15) is 0 Å². The van der Waals surface area contributed by atoms with Gasteiger partial charge >= 0.3 is 0 Å². The monoisotopic (exact) mass is 76.0 g/mol. The van der Waals surface area contributed by atoms with Gasteiger partial charge in [0.15, 0.2) is 0 Å². The summed E-state index contributed by atoms with van der Waals surface area (Å²) in [6, 6.07) is 0. The van der Waals surface area contributed by atoms with Crippen LogP contribution in [0.15, 0.2) is 12.4 Å². The zero-order valence-electron chi connectivity index (χ0n) is 2.23. The molecular weight excluding hydrogens is 71.0 g/mol. The molecule has 0 aromatic rings. The summed E-state index contributed by atoms with van der Waals surface area (Å²) in [5.74, 6) is 1.46. The SMILES string of the molecule is C=CPO. The van der Waals surface area contributed by atoms with E-state index in [1.165, 1.54) is 5.82 Å². The average molecular weight is 76.0 g/mol. The maximum Gasteiger partial charge on any atom is 0.0339 e. The van der Waals surface area contributed by atoms with Gasteiger partial charge in [-0.2, -0.15) is 0 Å². The Kier molecular flexibility index (Phi) is 3.23. The lowest BCUT2D eigenvalue weighted by molar-refractivity contribution is 0.654. The summed E-state index contributed by atoms with van der Waals surface area (Å²) in [7, 11) is -0.0957. The number of hydrogen-bond acceptors (Lipinski definition) is 1. The molecule has 1 N–H and O–H groups in total. The highest BCUT2D eigenvalue weighted by Gasteiger charge is 1.44. The van der Waals surface area contributed by atoms with Crippen molar-refractivity contribution in [2.24, 2.45) is 0 Å². The van der Waals surface area contributed by atoms with Crippen molar-refractivity contribution in [3.63, 3.8) is 0 Å². The van der Waals surface area contributed by atoms with Crippen molar-refractivity contribution in [3.05, 3.63) is 12.4 Å². The van der Waals surface area contributed by atoms with E-state index in [0.29, 0.717) is 0 Å². The Morgan fingerprint density at radius 3 is 2.25 bits per heavy atom. The second-order valence-electron chi connectivity index (χ2n) is 0.333. The fourth-order valence-corrected chi connectivity index (χ4v) is 0. The van der Waals surface area contributed by atoms with Crippen molar-refractivity contribution in [2.75, 3.05) is 0 Å². The molecule has 0 aromatic carbocycles. The molecule has 0 aromatic heterocycles. The Hall–Kier alpha value is 0.130. The maximum absolute atomic E-state index is 7.78. The molecule has 0 aliphatic rings. The maximum atomic E-state index is 7.78. The molecule has 1 atom stereocenters. The van der Waals surface area contributed by atoms with Crippen molar-refractivity contribution in [2.45, 2.75) is 0 Å². The molecule has 1 nitrogen and oxygen atoms in total. The topological polar surface area (TPSA) is 20.2 Å². The number of hydrogen-bond donors (Lipinski definition) is 1. The van der Waals surface area contributed by atoms with Crippen molar-refractivity contribution in [1.82, 2.24) is 0 Å². The third-order valence-corrected chi connectivity index (χ3v) is 0.274. The Morgan fingerprint density at radius 1 is 2.00 bits per heavy atom. The molecule has 0 aliphatic heterocycles. The first-order valence-corrected chi connectivity index (χ1v) is 1.95. The summed E-state index contributed by atoms with van der Waals surface area (Å²) in [4.78, 5) is 7.78. The largest absolute Gasteiger partial charge is 0.373 e. The lowest BCUT2D eigenvalue weighted by Gasteiger charge is -1.60. The molecule has 0 radical (unpaired) electrons. The van der Waals surface area contributed by atoms with Crippen molar-refractivity contribution >= 4 is 8.81 Å². The molecule has 0 rings (SSSR count). The van der Waals surface area contributed by atoms with Crippen LogP contribution in [-0.2, 0) is 0 Å². The van der Waals surface area contributed by atoms with Gasteiger partial charge in [-0.15, -0.1) is 0 Å². The van der Waals surface area contributed by atoms with Gasteiger partial charge in [0.2, 0.25) is 0 Å². The highest BCUT2D eigenvalue weighted by atomic mass is 31.1. The van der Waals surface area contributed by atoms with Gasteiger partial charge in [-0.05, 0) is 5.82 Å². The van der Waals surface area contributed by atoms with Crippen LogP contribution in [0.4, 0.5) is 0 Å². The van der Waals surface area contributed by atoms with E-state index in [0.717, 1.165) is 0 Å². The summed E-state index contributed by atoms with van der Waals surface area (Å²) in [6.45, 7) is 3.24. The first-order valence-electron chi connectivity index (χ1n) is 0.921. The molecule has 0 aliphatic carbocycles. The normalized spacial score (nSPS) is 9.25. The Balaban J connectivity index is 2.30. The fourth-order valence-electron chi connectivity index (χ4n) is 0. The fraction of sp³-hybridized carbons (Fsp3) is 0. The molecule has 0 amide bonds. The highest BCUT2D eigenvalue weighted by Crippen LogP contribution is 1.96. The van der Waals surface area contributed by atoms with Crippen LogP contribution < -0.4 is 0 Å². The first kappa shape index (κ1) is 4.13. The summed E-state index contributed by atoms with van der Waals surface area (Å²) >= 11 is 0. The van der Waals surface area contributed by atoms with Gasteiger partial charge in [-0.3, -0.25) is 0 Å². The van der Waals surface area contributed by atoms with Crippen LogP contribution in [0.2, 0.25) is 0 Å². The lowest BCUT2D eigenvalue weighted by atomic mass is 11.3. The molecule has 0 spiro atoms.